The molecule has 100 valence electrons. The number of H-pyrrole nitrogens is 1. The van der Waals surface area contributed by atoms with Crippen molar-refractivity contribution >= 4 is 16.8 Å². The number of aromatic nitrogens is 2. The van der Waals surface area contributed by atoms with Crippen molar-refractivity contribution in [2.45, 2.75) is 5.92 Å². The highest BCUT2D eigenvalue weighted by molar-refractivity contribution is 6.03. The van der Waals surface area contributed by atoms with Gasteiger partial charge in [0.15, 0.2) is 5.69 Å². The number of carbonyl (C=O) groups excluding carboxylic acids is 1. The molecule has 1 amide bonds. The van der Waals surface area contributed by atoms with Gasteiger partial charge in [-0.3, -0.25) is 4.79 Å². The van der Waals surface area contributed by atoms with Crippen molar-refractivity contribution in [1.29, 1.82) is 0 Å². The van der Waals surface area contributed by atoms with Crippen molar-refractivity contribution in [1.82, 2.24) is 15.3 Å². The van der Waals surface area contributed by atoms with E-state index in [4.69, 9.17) is 10.5 Å². The lowest BCUT2D eigenvalue weighted by molar-refractivity contribution is 0.0997. The first-order valence-electron chi connectivity index (χ1n) is 6.31. The summed E-state index contributed by atoms with van der Waals surface area (Å²) in [5.74, 6) is -0.288. The fraction of sp³-hybridized carbons (Fsp3) is 0.385. The Kier molecular flexibility index (Phi) is 3.18. The topological polar surface area (TPSA) is 93.0 Å². The summed E-state index contributed by atoms with van der Waals surface area (Å²) >= 11 is 0. The van der Waals surface area contributed by atoms with Gasteiger partial charge in [-0.25, -0.2) is 4.98 Å². The van der Waals surface area contributed by atoms with Gasteiger partial charge >= 0.3 is 0 Å². The molecule has 0 unspecified atom stereocenters. The molecule has 2 aromatic rings. The Morgan fingerprint density at radius 2 is 2.42 bits per heavy atom. The smallest absolute Gasteiger partial charge is 0.269 e. The monoisotopic (exact) mass is 260 g/mol. The second-order valence-corrected chi connectivity index (χ2v) is 4.67. The maximum absolute atomic E-state index is 11.4. The van der Waals surface area contributed by atoms with Gasteiger partial charge in [0.25, 0.3) is 5.91 Å². The molecule has 1 saturated heterocycles. The van der Waals surface area contributed by atoms with E-state index in [1.165, 1.54) is 0 Å². The standard InChI is InChI=1S/C13H16N4O2/c14-13(18)12-11-9(1-2-16-11)10(6-17-12)8-5-15-3-4-19-7-8/h1-2,6,8,15-16H,3-5,7H2,(H2,14,18)/t8-/m1/s1. The predicted octanol–water partition coefficient (Wildman–Crippen LogP) is 0.365. The van der Waals surface area contributed by atoms with Crippen LogP contribution in [0.15, 0.2) is 18.5 Å². The first kappa shape index (κ1) is 12.1. The number of rotatable bonds is 2. The second kappa shape index (κ2) is 4.99. The van der Waals surface area contributed by atoms with Crippen LogP contribution in [0.5, 0.6) is 0 Å². The quantitative estimate of drug-likeness (QED) is 0.727. The largest absolute Gasteiger partial charge is 0.379 e. The van der Waals surface area contributed by atoms with Gasteiger partial charge in [0, 0.05) is 36.8 Å². The summed E-state index contributed by atoms with van der Waals surface area (Å²) in [5, 5.41) is 4.32. The van der Waals surface area contributed by atoms with Crippen LogP contribution in [-0.2, 0) is 4.74 Å². The van der Waals surface area contributed by atoms with E-state index in [1.807, 2.05) is 6.07 Å². The van der Waals surface area contributed by atoms with Gasteiger partial charge in [0.2, 0.25) is 0 Å². The maximum atomic E-state index is 11.4. The molecule has 0 bridgehead atoms. The molecule has 1 fully saturated rings. The number of ether oxygens (including phenoxy) is 1. The number of carbonyl (C=O) groups is 1. The number of pyridine rings is 1. The Balaban J connectivity index is 2.06. The zero-order valence-electron chi connectivity index (χ0n) is 10.5. The molecule has 2 aromatic heterocycles. The van der Waals surface area contributed by atoms with E-state index < -0.39 is 5.91 Å². The average molecular weight is 260 g/mol. The third kappa shape index (κ3) is 2.20. The van der Waals surface area contributed by atoms with Gasteiger partial charge in [0.05, 0.1) is 18.7 Å². The predicted molar refractivity (Wildman–Crippen MR) is 71.0 cm³/mol. The molecule has 0 aliphatic carbocycles. The number of nitrogens with one attached hydrogen (secondary N) is 2. The number of primary amides is 1. The number of nitrogens with zero attached hydrogens (tertiary/aromatic N) is 1. The summed E-state index contributed by atoms with van der Waals surface area (Å²) in [6.07, 6.45) is 3.53. The molecule has 4 N–H and O–H groups in total. The van der Waals surface area contributed by atoms with Crippen LogP contribution in [0.3, 0.4) is 0 Å². The molecule has 6 nitrogen and oxygen atoms in total. The third-order valence-corrected chi connectivity index (χ3v) is 3.43. The van der Waals surface area contributed by atoms with Gasteiger partial charge in [0.1, 0.15) is 0 Å². The minimum Gasteiger partial charge on any atom is -0.379 e. The molecule has 3 heterocycles. The number of fused-ring (bicyclic) bond motifs is 1. The SMILES string of the molecule is NC(=O)c1ncc([C@@H]2CNCCOC2)c2cc[nH]c12. The highest BCUT2D eigenvalue weighted by atomic mass is 16.5. The highest BCUT2D eigenvalue weighted by Crippen LogP contribution is 2.26. The third-order valence-electron chi connectivity index (χ3n) is 3.43. The molecule has 6 heteroatoms. The van der Waals surface area contributed by atoms with Crippen LogP contribution >= 0.6 is 0 Å². The highest BCUT2D eigenvalue weighted by Gasteiger charge is 2.20. The normalized spacial score (nSPS) is 20.3. The fourth-order valence-corrected chi connectivity index (χ4v) is 2.49. The summed E-state index contributed by atoms with van der Waals surface area (Å²) in [6, 6.07) is 1.95. The number of amides is 1. The Hall–Kier alpha value is -1.92. The maximum Gasteiger partial charge on any atom is 0.269 e. The molecule has 0 saturated carbocycles. The zero-order valence-corrected chi connectivity index (χ0v) is 10.5. The number of aromatic amines is 1. The molecule has 0 spiro atoms. The fourth-order valence-electron chi connectivity index (χ4n) is 2.49. The van der Waals surface area contributed by atoms with Gasteiger partial charge in [-0.2, -0.15) is 0 Å². The average Bonchev–Trinajstić information content (AvgIpc) is 2.73. The Labute approximate surface area is 110 Å². The van der Waals surface area contributed by atoms with Crippen LogP contribution in [0.2, 0.25) is 0 Å². The van der Waals surface area contributed by atoms with E-state index in [0.717, 1.165) is 30.6 Å². The molecular weight excluding hydrogens is 244 g/mol. The van der Waals surface area contributed by atoms with Crippen LogP contribution in [-0.4, -0.2) is 42.2 Å². The van der Waals surface area contributed by atoms with Crippen molar-refractivity contribution in [2.24, 2.45) is 5.73 Å². The number of nitrogens with two attached hydrogens (primary N) is 1. The molecular formula is C13H16N4O2. The molecule has 0 aromatic carbocycles. The van der Waals surface area contributed by atoms with Crippen molar-refractivity contribution in [3.8, 4) is 0 Å². The minimum atomic E-state index is -0.519. The molecule has 19 heavy (non-hydrogen) atoms. The number of hydrogen-bond donors (Lipinski definition) is 3. The second-order valence-electron chi connectivity index (χ2n) is 4.67. The van der Waals surface area contributed by atoms with E-state index in [0.29, 0.717) is 12.1 Å². The summed E-state index contributed by atoms with van der Waals surface area (Å²) in [4.78, 5) is 18.6. The lowest BCUT2D eigenvalue weighted by atomic mass is 9.98. The zero-order chi connectivity index (χ0) is 13.2. The summed E-state index contributed by atoms with van der Waals surface area (Å²) in [5.41, 5.74) is 7.40. The van der Waals surface area contributed by atoms with Gasteiger partial charge in [-0.05, 0) is 11.6 Å². The van der Waals surface area contributed by atoms with E-state index in [-0.39, 0.29) is 11.6 Å². The number of hydrogen-bond acceptors (Lipinski definition) is 4. The van der Waals surface area contributed by atoms with Gasteiger partial charge in [-0.1, -0.05) is 0 Å². The van der Waals surface area contributed by atoms with Crippen LogP contribution in [0.1, 0.15) is 22.0 Å². The Morgan fingerprint density at radius 1 is 1.53 bits per heavy atom. The van der Waals surface area contributed by atoms with Crippen LogP contribution in [0.4, 0.5) is 0 Å². The van der Waals surface area contributed by atoms with Crippen LogP contribution in [0.25, 0.3) is 10.9 Å². The molecule has 1 aliphatic rings. The van der Waals surface area contributed by atoms with Crippen molar-refractivity contribution in [2.75, 3.05) is 26.3 Å². The van der Waals surface area contributed by atoms with E-state index in [9.17, 15) is 4.79 Å². The van der Waals surface area contributed by atoms with Crippen LogP contribution < -0.4 is 11.1 Å². The summed E-state index contributed by atoms with van der Waals surface area (Å²) in [6.45, 7) is 3.09. The van der Waals surface area contributed by atoms with Crippen molar-refractivity contribution in [3.63, 3.8) is 0 Å². The lowest BCUT2D eigenvalue weighted by Crippen LogP contribution is -2.22. The Morgan fingerprint density at radius 3 is 3.26 bits per heavy atom. The summed E-state index contributed by atoms with van der Waals surface area (Å²) < 4.78 is 5.57. The molecule has 1 atom stereocenters. The lowest BCUT2D eigenvalue weighted by Gasteiger charge is -2.15. The summed E-state index contributed by atoms with van der Waals surface area (Å²) in [7, 11) is 0. The van der Waals surface area contributed by atoms with E-state index in [2.05, 4.69) is 15.3 Å². The van der Waals surface area contributed by atoms with E-state index >= 15 is 0 Å². The molecule has 1 aliphatic heterocycles. The van der Waals surface area contributed by atoms with Gasteiger partial charge in [-0.15, -0.1) is 0 Å². The van der Waals surface area contributed by atoms with Crippen molar-refractivity contribution < 1.29 is 9.53 Å². The van der Waals surface area contributed by atoms with Gasteiger partial charge < -0.3 is 20.8 Å². The van der Waals surface area contributed by atoms with Crippen molar-refractivity contribution in [3.05, 3.63) is 29.7 Å². The van der Waals surface area contributed by atoms with Crippen LogP contribution in [0, 0.1) is 0 Å². The Bertz CT molecular complexity index is 600. The van der Waals surface area contributed by atoms with E-state index in [1.54, 1.807) is 12.4 Å². The first-order chi connectivity index (χ1) is 9.27. The minimum absolute atomic E-state index is 0.232. The molecule has 3 rings (SSSR count). The first-order valence-corrected chi connectivity index (χ1v) is 6.31. The molecule has 0 radical (unpaired) electrons.